The van der Waals surface area contributed by atoms with E-state index in [4.69, 9.17) is 4.74 Å². The van der Waals surface area contributed by atoms with Crippen LogP contribution in [0.25, 0.3) is 0 Å². The summed E-state index contributed by atoms with van der Waals surface area (Å²) in [5.74, 6) is -0.966. The van der Waals surface area contributed by atoms with Crippen LogP contribution in [0.15, 0.2) is 48.5 Å². The number of methoxy groups -OCH3 is 1. The highest BCUT2D eigenvalue weighted by Gasteiger charge is 2.16. The van der Waals surface area contributed by atoms with Crippen LogP contribution < -0.4 is 20.3 Å². The molecular weight excluding hydrogens is 318 g/mol. The first kappa shape index (κ1) is 16.8. The summed E-state index contributed by atoms with van der Waals surface area (Å²) in [5.41, 5.74) is 2.17. The smallest absolute Gasteiger partial charge is 0.314 e. The van der Waals surface area contributed by atoms with E-state index in [0.717, 1.165) is 18.8 Å². The summed E-state index contributed by atoms with van der Waals surface area (Å²) >= 11 is 0. The molecule has 0 saturated carbocycles. The Morgan fingerprint density at radius 1 is 0.920 bits per heavy atom. The van der Waals surface area contributed by atoms with Crippen LogP contribution in [0, 0.1) is 0 Å². The fourth-order valence-corrected chi connectivity index (χ4v) is 2.85. The molecule has 0 aliphatic carbocycles. The van der Waals surface area contributed by atoms with Crippen LogP contribution in [-0.2, 0) is 9.59 Å². The maximum absolute atomic E-state index is 12.1. The number of rotatable bonds is 4. The van der Waals surface area contributed by atoms with Crippen molar-refractivity contribution in [2.24, 2.45) is 0 Å². The van der Waals surface area contributed by atoms with E-state index in [1.165, 1.54) is 20.0 Å². The summed E-state index contributed by atoms with van der Waals surface area (Å²) in [6.45, 7) is 2.13. The fourth-order valence-electron chi connectivity index (χ4n) is 2.85. The average molecular weight is 339 g/mol. The largest absolute Gasteiger partial charge is 0.495 e. The summed E-state index contributed by atoms with van der Waals surface area (Å²) in [5, 5.41) is 5.16. The number of para-hydroxylation sites is 2. The van der Waals surface area contributed by atoms with Crippen molar-refractivity contribution >= 4 is 28.9 Å². The Hall–Kier alpha value is -3.02. The Kier molecular flexibility index (Phi) is 5.18. The van der Waals surface area contributed by atoms with E-state index < -0.39 is 11.8 Å². The minimum Gasteiger partial charge on any atom is -0.495 e. The molecular formula is C19H21N3O3. The molecule has 0 spiro atoms. The SMILES string of the molecule is COc1ccccc1NC(=O)C(=O)Nc1ccc(N2CCCC2)cc1. The van der Waals surface area contributed by atoms with Crippen molar-refractivity contribution in [1.82, 2.24) is 0 Å². The van der Waals surface area contributed by atoms with Crippen LogP contribution in [0.5, 0.6) is 5.75 Å². The van der Waals surface area contributed by atoms with E-state index in [2.05, 4.69) is 15.5 Å². The maximum Gasteiger partial charge on any atom is 0.314 e. The first-order valence-electron chi connectivity index (χ1n) is 8.28. The van der Waals surface area contributed by atoms with E-state index in [9.17, 15) is 9.59 Å². The van der Waals surface area contributed by atoms with E-state index in [0.29, 0.717) is 17.1 Å². The monoisotopic (exact) mass is 339 g/mol. The number of hydrogen-bond acceptors (Lipinski definition) is 4. The summed E-state index contributed by atoms with van der Waals surface area (Å²) in [6.07, 6.45) is 2.42. The van der Waals surface area contributed by atoms with Gasteiger partial charge < -0.3 is 20.3 Å². The highest BCUT2D eigenvalue weighted by molar-refractivity contribution is 6.43. The highest BCUT2D eigenvalue weighted by Crippen LogP contribution is 2.24. The molecule has 0 unspecified atom stereocenters. The van der Waals surface area contributed by atoms with Crippen LogP contribution in [0.3, 0.4) is 0 Å². The van der Waals surface area contributed by atoms with Gasteiger partial charge in [-0.2, -0.15) is 0 Å². The van der Waals surface area contributed by atoms with Gasteiger partial charge in [0.15, 0.2) is 0 Å². The molecule has 1 saturated heterocycles. The van der Waals surface area contributed by atoms with Crippen molar-refractivity contribution in [3.63, 3.8) is 0 Å². The predicted octanol–water partition coefficient (Wildman–Crippen LogP) is 2.87. The van der Waals surface area contributed by atoms with Gasteiger partial charge in [0, 0.05) is 24.5 Å². The molecule has 1 fully saturated rings. The molecule has 0 atom stereocenters. The van der Waals surface area contributed by atoms with Gasteiger partial charge in [-0.1, -0.05) is 12.1 Å². The second kappa shape index (κ2) is 7.70. The van der Waals surface area contributed by atoms with Crippen molar-refractivity contribution in [3.8, 4) is 5.75 Å². The molecule has 1 aliphatic rings. The topological polar surface area (TPSA) is 70.7 Å². The van der Waals surface area contributed by atoms with Gasteiger partial charge in [0.05, 0.1) is 12.8 Å². The van der Waals surface area contributed by atoms with Gasteiger partial charge >= 0.3 is 11.8 Å². The summed E-state index contributed by atoms with van der Waals surface area (Å²) in [7, 11) is 1.51. The standard InChI is InChI=1S/C19H21N3O3/c1-25-17-7-3-2-6-16(17)21-19(24)18(23)20-14-8-10-15(11-9-14)22-12-4-5-13-22/h2-3,6-11H,4-5,12-13H2,1H3,(H,20,23)(H,21,24). The average Bonchev–Trinajstić information content (AvgIpc) is 3.17. The predicted molar refractivity (Wildman–Crippen MR) is 98.1 cm³/mol. The minimum atomic E-state index is -0.742. The van der Waals surface area contributed by atoms with Crippen molar-refractivity contribution in [1.29, 1.82) is 0 Å². The molecule has 2 aromatic carbocycles. The van der Waals surface area contributed by atoms with Gasteiger partial charge in [0.2, 0.25) is 0 Å². The third kappa shape index (κ3) is 4.09. The quantitative estimate of drug-likeness (QED) is 0.841. The van der Waals surface area contributed by atoms with Crippen molar-refractivity contribution in [3.05, 3.63) is 48.5 Å². The minimum absolute atomic E-state index is 0.453. The molecule has 25 heavy (non-hydrogen) atoms. The molecule has 2 amide bonds. The second-order valence-electron chi connectivity index (χ2n) is 5.85. The highest BCUT2D eigenvalue weighted by atomic mass is 16.5. The number of amides is 2. The van der Waals surface area contributed by atoms with Gasteiger partial charge in [0.25, 0.3) is 0 Å². The number of ether oxygens (including phenoxy) is 1. The second-order valence-corrected chi connectivity index (χ2v) is 5.85. The van der Waals surface area contributed by atoms with E-state index >= 15 is 0 Å². The number of hydrogen-bond donors (Lipinski definition) is 2. The number of nitrogens with one attached hydrogen (secondary N) is 2. The van der Waals surface area contributed by atoms with E-state index in [1.807, 2.05) is 24.3 Å². The lowest BCUT2D eigenvalue weighted by atomic mass is 10.2. The van der Waals surface area contributed by atoms with Crippen LogP contribution in [0.2, 0.25) is 0 Å². The fraction of sp³-hybridized carbons (Fsp3) is 0.263. The van der Waals surface area contributed by atoms with Gasteiger partial charge in [-0.25, -0.2) is 0 Å². The lowest BCUT2D eigenvalue weighted by Gasteiger charge is -2.17. The molecule has 1 heterocycles. The molecule has 2 N–H and O–H groups in total. The molecule has 0 bridgehead atoms. The van der Waals surface area contributed by atoms with Gasteiger partial charge in [-0.05, 0) is 49.2 Å². The summed E-state index contributed by atoms with van der Waals surface area (Å²) in [6, 6.07) is 14.5. The zero-order valence-electron chi connectivity index (χ0n) is 14.1. The number of carbonyl (C=O) groups excluding carboxylic acids is 2. The number of anilines is 3. The van der Waals surface area contributed by atoms with Crippen LogP contribution in [0.1, 0.15) is 12.8 Å². The molecule has 2 aromatic rings. The molecule has 0 radical (unpaired) electrons. The lowest BCUT2D eigenvalue weighted by Crippen LogP contribution is -2.29. The normalized spacial score (nSPS) is 13.4. The Morgan fingerprint density at radius 2 is 1.56 bits per heavy atom. The van der Waals surface area contributed by atoms with Crippen molar-refractivity contribution < 1.29 is 14.3 Å². The molecule has 6 nitrogen and oxygen atoms in total. The molecule has 1 aliphatic heterocycles. The maximum atomic E-state index is 12.1. The van der Waals surface area contributed by atoms with Crippen molar-refractivity contribution in [2.75, 3.05) is 35.7 Å². The van der Waals surface area contributed by atoms with Crippen LogP contribution in [0.4, 0.5) is 17.1 Å². The molecule has 3 rings (SSSR count). The number of carbonyl (C=O) groups is 2. The van der Waals surface area contributed by atoms with Crippen LogP contribution >= 0.6 is 0 Å². The van der Waals surface area contributed by atoms with Gasteiger partial charge in [-0.3, -0.25) is 9.59 Å². The van der Waals surface area contributed by atoms with E-state index in [1.54, 1.807) is 24.3 Å². The Balaban J connectivity index is 1.60. The zero-order valence-corrected chi connectivity index (χ0v) is 14.1. The Morgan fingerprint density at radius 3 is 2.24 bits per heavy atom. The molecule has 130 valence electrons. The first-order chi connectivity index (χ1) is 12.2. The number of nitrogens with zero attached hydrogens (tertiary/aromatic N) is 1. The Bertz CT molecular complexity index is 753. The first-order valence-corrected chi connectivity index (χ1v) is 8.28. The molecule has 0 aromatic heterocycles. The van der Waals surface area contributed by atoms with E-state index in [-0.39, 0.29) is 0 Å². The Labute approximate surface area is 146 Å². The third-order valence-corrected chi connectivity index (χ3v) is 4.16. The van der Waals surface area contributed by atoms with Crippen molar-refractivity contribution in [2.45, 2.75) is 12.8 Å². The summed E-state index contributed by atoms with van der Waals surface area (Å²) in [4.78, 5) is 26.5. The zero-order chi connectivity index (χ0) is 17.6. The van der Waals surface area contributed by atoms with Gasteiger partial charge in [0.1, 0.15) is 5.75 Å². The lowest BCUT2D eigenvalue weighted by molar-refractivity contribution is -0.133. The number of benzene rings is 2. The van der Waals surface area contributed by atoms with Gasteiger partial charge in [-0.15, -0.1) is 0 Å². The third-order valence-electron chi connectivity index (χ3n) is 4.16. The summed E-state index contributed by atoms with van der Waals surface area (Å²) < 4.78 is 5.16. The molecule has 6 heteroatoms. The van der Waals surface area contributed by atoms with Crippen LogP contribution in [-0.4, -0.2) is 32.0 Å².